The molecule has 0 atom stereocenters. The highest BCUT2D eigenvalue weighted by molar-refractivity contribution is 9.10. The summed E-state index contributed by atoms with van der Waals surface area (Å²) in [5.74, 6) is -0.253. The molecule has 0 fully saturated rings. The second kappa shape index (κ2) is 6.31. The third-order valence-corrected chi connectivity index (χ3v) is 3.35. The van der Waals surface area contributed by atoms with Crippen LogP contribution >= 0.6 is 23.5 Å². The number of nitrogens with one attached hydrogen (secondary N) is 1. The lowest BCUT2D eigenvalue weighted by molar-refractivity contribution is -0.116. The molecule has 7 heteroatoms. The SMILES string of the molecule is O=C(CCCP(=O)(O)O)Nc1cccc(Br)c1. The average Bonchev–Trinajstić information content (AvgIpc) is 2.15. The van der Waals surface area contributed by atoms with Crippen LogP contribution in [0, 0.1) is 0 Å². The van der Waals surface area contributed by atoms with Crippen molar-refractivity contribution in [3.05, 3.63) is 28.7 Å². The Morgan fingerprint density at radius 3 is 2.71 bits per heavy atom. The van der Waals surface area contributed by atoms with Crippen molar-refractivity contribution in [3.8, 4) is 0 Å². The first kappa shape index (κ1) is 14.4. The zero-order chi connectivity index (χ0) is 12.9. The molecule has 0 aliphatic heterocycles. The predicted molar refractivity (Wildman–Crippen MR) is 68.9 cm³/mol. The Morgan fingerprint density at radius 2 is 2.12 bits per heavy atom. The topological polar surface area (TPSA) is 86.6 Å². The molecule has 0 aliphatic rings. The standard InChI is InChI=1S/C10H13BrNO4P/c11-8-3-1-4-9(7-8)12-10(13)5-2-6-17(14,15)16/h1,3-4,7H,2,5-6H2,(H,12,13)(H2,14,15,16). The predicted octanol–water partition coefficient (Wildman–Crippen LogP) is 2.35. The van der Waals surface area contributed by atoms with Crippen LogP contribution in [-0.2, 0) is 9.36 Å². The van der Waals surface area contributed by atoms with Gasteiger partial charge in [0.25, 0.3) is 0 Å². The number of anilines is 1. The van der Waals surface area contributed by atoms with Gasteiger partial charge in [0.1, 0.15) is 0 Å². The van der Waals surface area contributed by atoms with Crippen LogP contribution < -0.4 is 5.32 Å². The number of rotatable bonds is 5. The van der Waals surface area contributed by atoms with Crippen molar-refractivity contribution >= 4 is 35.1 Å². The van der Waals surface area contributed by atoms with E-state index in [2.05, 4.69) is 21.2 Å². The number of benzene rings is 1. The number of amides is 1. The fraction of sp³-hybridized carbons (Fsp3) is 0.300. The zero-order valence-corrected chi connectivity index (χ0v) is 11.4. The van der Waals surface area contributed by atoms with Crippen molar-refractivity contribution in [2.24, 2.45) is 0 Å². The molecule has 0 radical (unpaired) electrons. The lowest BCUT2D eigenvalue weighted by Crippen LogP contribution is -2.11. The highest BCUT2D eigenvalue weighted by Crippen LogP contribution is 2.35. The minimum atomic E-state index is -4.00. The number of hydrogen-bond donors (Lipinski definition) is 3. The summed E-state index contributed by atoms with van der Waals surface area (Å²) in [7, 11) is -4.00. The lowest BCUT2D eigenvalue weighted by Gasteiger charge is -2.06. The summed E-state index contributed by atoms with van der Waals surface area (Å²) in [6.07, 6.45) is 0.000637. The Balaban J connectivity index is 2.38. The summed E-state index contributed by atoms with van der Waals surface area (Å²) in [5.41, 5.74) is 0.653. The van der Waals surface area contributed by atoms with Crippen LogP contribution in [0.2, 0.25) is 0 Å². The fourth-order valence-corrected chi connectivity index (χ4v) is 2.20. The van der Waals surface area contributed by atoms with Crippen molar-refractivity contribution in [1.29, 1.82) is 0 Å². The van der Waals surface area contributed by atoms with Gasteiger partial charge in [-0.1, -0.05) is 22.0 Å². The molecule has 94 valence electrons. The summed E-state index contributed by atoms with van der Waals surface area (Å²) < 4.78 is 11.4. The van der Waals surface area contributed by atoms with Crippen LogP contribution in [0.4, 0.5) is 5.69 Å². The van der Waals surface area contributed by atoms with Crippen LogP contribution in [-0.4, -0.2) is 21.9 Å². The summed E-state index contributed by atoms with van der Waals surface area (Å²) in [6, 6.07) is 7.12. The molecule has 0 heterocycles. The van der Waals surface area contributed by atoms with Gasteiger partial charge >= 0.3 is 7.60 Å². The van der Waals surface area contributed by atoms with Crippen molar-refractivity contribution < 1.29 is 19.1 Å². The Kier molecular flexibility index (Phi) is 5.33. The Bertz CT molecular complexity index is 446. The quantitative estimate of drug-likeness (QED) is 0.726. The molecule has 5 nitrogen and oxygen atoms in total. The van der Waals surface area contributed by atoms with Crippen molar-refractivity contribution in [3.63, 3.8) is 0 Å². The molecule has 1 amide bonds. The average molecular weight is 322 g/mol. The second-order valence-corrected chi connectivity index (χ2v) is 6.24. The molecule has 0 bridgehead atoms. The van der Waals surface area contributed by atoms with Crippen molar-refractivity contribution in [2.75, 3.05) is 11.5 Å². The maximum Gasteiger partial charge on any atom is 0.325 e. The van der Waals surface area contributed by atoms with Crippen LogP contribution in [0.25, 0.3) is 0 Å². The van der Waals surface area contributed by atoms with E-state index in [0.717, 1.165) is 4.47 Å². The van der Waals surface area contributed by atoms with E-state index in [1.54, 1.807) is 18.2 Å². The van der Waals surface area contributed by atoms with E-state index in [4.69, 9.17) is 9.79 Å². The van der Waals surface area contributed by atoms with Crippen LogP contribution in [0.1, 0.15) is 12.8 Å². The number of halogens is 1. The molecule has 1 rings (SSSR count). The molecule has 0 unspecified atom stereocenters. The normalized spacial score (nSPS) is 11.2. The van der Waals surface area contributed by atoms with E-state index in [9.17, 15) is 9.36 Å². The first-order valence-electron chi connectivity index (χ1n) is 4.97. The molecule has 0 aliphatic carbocycles. The van der Waals surface area contributed by atoms with Gasteiger partial charge in [-0.25, -0.2) is 0 Å². The third-order valence-electron chi connectivity index (χ3n) is 1.96. The van der Waals surface area contributed by atoms with E-state index in [1.807, 2.05) is 6.07 Å². The van der Waals surface area contributed by atoms with E-state index >= 15 is 0 Å². The van der Waals surface area contributed by atoms with Gasteiger partial charge in [-0.15, -0.1) is 0 Å². The number of carbonyl (C=O) groups is 1. The van der Waals surface area contributed by atoms with E-state index < -0.39 is 7.60 Å². The molecule has 0 aromatic heterocycles. The Labute approximate surface area is 108 Å². The van der Waals surface area contributed by atoms with E-state index in [1.165, 1.54) is 0 Å². The number of carbonyl (C=O) groups excluding carboxylic acids is 1. The van der Waals surface area contributed by atoms with Gasteiger partial charge in [-0.3, -0.25) is 9.36 Å². The third kappa shape index (κ3) is 6.58. The molecule has 0 saturated carbocycles. The van der Waals surface area contributed by atoms with Crippen LogP contribution in [0.5, 0.6) is 0 Å². The molecule has 1 aromatic carbocycles. The van der Waals surface area contributed by atoms with Crippen LogP contribution in [0.15, 0.2) is 28.7 Å². The van der Waals surface area contributed by atoms with Gasteiger partial charge < -0.3 is 15.1 Å². The summed E-state index contributed by atoms with van der Waals surface area (Å²) in [6.45, 7) is 0. The van der Waals surface area contributed by atoms with E-state index in [0.29, 0.717) is 5.69 Å². The first-order valence-corrected chi connectivity index (χ1v) is 7.56. The molecule has 1 aromatic rings. The molecule has 17 heavy (non-hydrogen) atoms. The smallest absolute Gasteiger partial charge is 0.325 e. The highest BCUT2D eigenvalue weighted by atomic mass is 79.9. The molecule has 0 saturated heterocycles. The fourth-order valence-electron chi connectivity index (χ4n) is 1.24. The van der Waals surface area contributed by atoms with E-state index in [-0.39, 0.29) is 24.9 Å². The van der Waals surface area contributed by atoms with Crippen molar-refractivity contribution in [1.82, 2.24) is 0 Å². The minimum Gasteiger partial charge on any atom is -0.326 e. The molecular weight excluding hydrogens is 309 g/mol. The van der Waals surface area contributed by atoms with Gasteiger partial charge in [0.2, 0.25) is 5.91 Å². The Hall–Kier alpha value is -0.680. The first-order chi connectivity index (χ1) is 7.87. The van der Waals surface area contributed by atoms with Gasteiger partial charge in [0.15, 0.2) is 0 Å². The van der Waals surface area contributed by atoms with Gasteiger partial charge in [-0.05, 0) is 24.6 Å². The van der Waals surface area contributed by atoms with Gasteiger partial charge in [0.05, 0.1) is 6.16 Å². The largest absolute Gasteiger partial charge is 0.326 e. The van der Waals surface area contributed by atoms with Crippen LogP contribution in [0.3, 0.4) is 0 Å². The molecule has 0 spiro atoms. The molecule has 3 N–H and O–H groups in total. The summed E-state index contributed by atoms with van der Waals surface area (Å²) in [5, 5.41) is 2.65. The maximum absolute atomic E-state index is 11.4. The second-order valence-electron chi connectivity index (χ2n) is 3.55. The highest BCUT2D eigenvalue weighted by Gasteiger charge is 2.13. The minimum absolute atomic E-state index is 0.0949. The monoisotopic (exact) mass is 321 g/mol. The summed E-state index contributed by atoms with van der Waals surface area (Å²) >= 11 is 3.28. The van der Waals surface area contributed by atoms with Gasteiger partial charge in [-0.2, -0.15) is 0 Å². The maximum atomic E-state index is 11.4. The van der Waals surface area contributed by atoms with Gasteiger partial charge in [0, 0.05) is 16.6 Å². The zero-order valence-electron chi connectivity index (χ0n) is 8.97. The van der Waals surface area contributed by atoms with Crippen molar-refractivity contribution in [2.45, 2.75) is 12.8 Å². The summed E-state index contributed by atoms with van der Waals surface area (Å²) in [4.78, 5) is 28.7. The number of hydrogen-bond acceptors (Lipinski definition) is 2. The Morgan fingerprint density at radius 1 is 1.41 bits per heavy atom. The lowest BCUT2D eigenvalue weighted by atomic mass is 10.3. The molecular formula is C10H13BrNO4P.